The Bertz CT molecular complexity index is 494. The van der Waals surface area contributed by atoms with Gasteiger partial charge < -0.3 is 4.74 Å². The zero-order chi connectivity index (χ0) is 11.4. The van der Waals surface area contributed by atoms with Crippen molar-refractivity contribution < 1.29 is 9.13 Å². The van der Waals surface area contributed by atoms with Gasteiger partial charge in [-0.1, -0.05) is 17.5 Å². The van der Waals surface area contributed by atoms with Crippen LogP contribution in [-0.4, -0.2) is 7.11 Å². The van der Waals surface area contributed by atoms with Crippen molar-refractivity contribution in [1.29, 1.82) is 5.26 Å². The van der Waals surface area contributed by atoms with Crippen molar-refractivity contribution in [2.45, 2.75) is 6.92 Å². The Morgan fingerprint density at radius 2 is 2.20 bits per heavy atom. The fourth-order valence-electron chi connectivity index (χ4n) is 1.14. The van der Waals surface area contributed by atoms with Crippen LogP contribution in [-0.2, 0) is 0 Å². The molecule has 0 heterocycles. The van der Waals surface area contributed by atoms with Crippen LogP contribution in [0.4, 0.5) is 4.39 Å². The van der Waals surface area contributed by atoms with Gasteiger partial charge in [0.1, 0.15) is 11.9 Å². The number of rotatable bonds is 1. The molecule has 2 nitrogen and oxygen atoms in total. The Hall–Kier alpha value is -1.71. The van der Waals surface area contributed by atoms with Gasteiger partial charge in [-0.25, -0.2) is 4.39 Å². The van der Waals surface area contributed by atoms with Crippen LogP contribution < -0.4 is 4.74 Å². The molecule has 0 spiro atoms. The maximum absolute atomic E-state index is 13.3. The molecular weight excluding hydrogens is 217 g/mol. The molecule has 0 saturated carbocycles. The third kappa shape index (κ3) is 2.03. The minimum Gasteiger partial charge on any atom is -0.494 e. The van der Waals surface area contributed by atoms with Gasteiger partial charge in [0.15, 0.2) is 5.75 Å². The van der Waals surface area contributed by atoms with Crippen molar-refractivity contribution in [1.82, 2.24) is 0 Å². The van der Waals surface area contributed by atoms with Gasteiger partial charge in [-0.15, -0.1) is 5.92 Å². The van der Waals surface area contributed by atoms with Crippen LogP contribution in [0.15, 0.2) is 6.07 Å². The monoisotopic (exact) mass is 223 g/mol. The van der Waals surface area contributed by atoms with Crippen molar-refractivity contribution in [3.63, 3.8) is 0 Å². The molecular formula is C11H7ClFNO. The molecule has 1 aromatic rings. The number of methoxy groups -OCH3 is 1. The van der Waals surface area contributed by atoms with Crippen LogP contribution in [0.3, 0.4) is 0 Å². The SMILES string of the molecule is CC#Cc1c(Cl)c(F)cc(C#N)c1OC. The van der Waals surface area contributed by atoms with Gasteiger partial charge in [-0.3, -0.25) is 0 Å². The van der Waals surface area contributed by atoms with E-state index in [1.807, 2.05) is 6.07 Å². The van der Waals surface area contributed by atoms with Crippen molar-refractivity contribution in [3.8, 4) is 23.7 Å². The molecule has 1 rings (SSSR count). The van der Waals surface area contributed by atoms with Gasteiger partial charge in [-0.2, -0.15) is 5.26 Å². The number of nitrogens with zero attached hydrogens (tertiary/aromatic N) is 1. The van der Waals surface area contributed by atoms with E-state index in [4.69, 9.17) is 21.6 Å². The van der Waals surface area contributed by atoms with Crippen molar-refractivity contribution >= 4 is 11.6 Å². The second-order valence-corrected chi connectivity index (χ2v) is 2.99. The second kappa shape index (κ2) is 4.68. The Morgan fingerprint density at radius 1 is 1.53 bits per heavy atom. The number of halogens is 2. The minimum absolute atomic E-state index is 0.0807. The summed E-state index contributed by atoms with van der Waals surface area (Å²) in [5.74, 6) is 4.73. The standard InChI is InChI=1S/C11H7ClFNO/c1-3-4-8-10(12)9(13)5-7(6-14)11(8)15-2/h5H,1-2H3. The van der Waals surface area contributed by atoms with Gasteiger partial charge in [0, 0.05) is 0 Å². The molecule has 76 valence electrons. The molecule has 0 aliphatic heterocycles. The predicted octanol–water partition coefficient (Wildman–Crippen LogP) is 2.73. The number of benzene rings is 1. The zero-order valence-electron chi connectivity index (χ0n) is 8.19. The molecule has 0 saturated heterocycles. The molecule has 0 N–H and O–H groups in total. The Kier molecular flexibility index (Phi) is 3.55. The average molecular weight is 224 g/mol. The second-order valence-electron chi connectivity index (χ2n) is 2.61. The van der Waals surface area contributed by atoms with Crippen molar-refractivity contribution in [3.05, 3.63) is 28.0 Å². The van der Waals surface area contributed by atoms with Crippen LogP contribution in [0, 0.1) is 29.0 Å². The third-order valence-corrected chi connectivity index (χ3v) is 2.12. The van der Waals surface area contributed by atoms with E-state index in [0.717, 1.165) is 6.07 Å². The molecule has 0 radical (unpaired) electrons. The number of ether oxygens (including phenoxy) is 1. The predicted molar refractivity (Wildman–Crippen MR) is 55.2 cm³/mol. The highest BCUT2D eigenvalue weighted by Gasteiger charge is 2.16. The van der Waals surface area contributed by atoms with Crippen LogP contribution in [0.1, 0.15) is 18.1 Å². The number of hydrogen-bond acceptors (Lipinski definition) is 2. The van der Waals surface area contributed by atoms with Crippen LogP contribution in [0.25, 0.3) is 0 Å². The molecule has 0 fully saturated rings. The van der Waals surface area contributed by atoms with E-state index in [1.54, 1.807) is 6.92 Å². The first-order valence-electron chi connectivity index (χ1n) is 4.04. The first kappa shape index (κ1) is 11.4. The van der Waals surface area contributed by atoms with E-state index < -0.39 is 5.82 Å². The Labute approximate surface area is 92.2 Å². The van der Waals surface area contributed by atoms with Crippen LogP contribution >= 0.6 is 11.6 Å². The smallest absolute Gasteiger partial charge is 0.153 e. The summed E-state index contributed by atoms with van der Waals surface area (Å²) in [4.78, 5) is 0. The summed E-state index contributed by atoms with van der Waals surface area (Å²) in [5, 5.41) is 8.64. The van der Waals surface area contributed by atoms with E-state index in [9.17, 15) is 4.39 Å². The van der Waals surface area contributed by atoms with Crippen LogP contribution in [0.5, 0.6) is 5.75 Å². The summed E-state index contributed by atoms with van der Waals surface area (Å²) >= 11 is 5.72. The summed E-state index contributed by atoms with van der Waals surface area (Å²) in [6.45, 7) is 1.59. The van der Waals surface area contributed by atoms with Crippen LogP contribution in [0.2, 0.25) is 5.02 Å². The first-order valence-corrected chi connectivity index (χ1v) is 4.42. The topological polar surface area (TPSA) is 33.0 Å². The maximum atomic E-state index is 13.3. The first-order chi connectivity index (χ1) is 7.15. The summed E-state index contributed by atoms with van der Waals surface area (Å²) in [6.07, 6.45) is 0. The minimum atomic E-state index is -0.674. The quantitative estimate of drug-likeness (QED) is 0.686. The van der Waals surface area contributed by atoms with Gasteiger partial charge >= 0.3 is 0 Å². The van der Waals surface area contributed by atoms with E-state index in [1.165, 1.54) is 7.11 Å². The van der Waals surface area contributed by atoms with E-state index in [0.29, 0.717) is 0 Å². The lowest BCUT2D eigenvalue weighted by Gasteiger charge is -2.07. The molecule has 0 aromatic heterocycles. The molecule has 0 bridgehead atoms. The normalized spacial score (nSPS) is 8.73. The van der Waals surface area contributed by atoms with E-state index >= 15 is 0 Å². The lowest BCUT2D eigenvalue weighted by molar-refractivity contribution is 0.411. The summed E-state index contributed by atoms with van der Waals surface area (Å²) < 4.78 is 18.2. The molecule has 4 heteroatoms. The molecule has 15 heavy (non-hydrogen) atoms. The fraction of sp³-hybridized carbons (Fsp3) is 0.182. The number of hydrogen-bond donors (Lipinski definition) is 0. The van der Waals surface area contributed by atoms with E-state index in [-0.39, 0.29) is 21.9 Å². The molecule has 0 amide bonds. The average Bonchev–Trinajstić information content (AvgIpc) is 2.24. The lowest BCUT2D eigenvalue weighted by Crippen LogP contribution is -1.95. The summed E-state index contributed by atoms with van der Waals surface area (Å²) in [7, 11) is 1.38. The highest BCUT2D eigenvalue weighted by atomic mass is 35.5. The summed E-state index contributed by atoms with van der Waals surface area (Å²) in [6, 6.07) is 2.85. The fourth-order valence-corrected chi connectivity index (χ4v) is 1.33. The molecule has 0 aliphatic carbocycles. The Morgan fingerprint density at radius 3 is 2.67 bits per heavy atom. The van der Waals surface area contributed by atoms with Gasteiger partial charge in [0.25, 0.3) is 0 Å². The van der Waals surface area contributed by atoms with E-state index in [2.05, 4.69) is 11.8 Å². The largest absolute Gasteiger partial charge is 0.494 e. The third-order valence-electron chi connectivity index (χ3n) is 1.75. The lowest BCUT2D eigenvalue weighted by atomic mass is 10.1. The number of nitriles is 1. The molecule has 0 atom stereocenters. The highest BCUT2D eigenvalue weighted by molar-refractivity contribution is 6.32. The van der Waals surface area contributed by atoms with Gasteiger partial charge in [0.2, 0.25) is 0 Å². The van der Waals surface area contributed by atoms with Crippen molar-refractivity contribution in [2.75, 3.05) is 7.11 Å². The summed E-state index contributed by atoms with van der Waals surface area (Å²) in [5.41, 5.74) is 0.287. The van der Waals surface area contributed by atoms with Gasteiger partial charge in [-0.05, 0) is 13.0 Å². The maximum Gasteiger partial charge on any atom is 0.153 e. The van der Waals surface area contributed by atoms with Gasteiger partial charge in [0.05, 0.1) is 23.3 Å². The molecule has 0 aliphatic rings. The Balaban J connectivity index is 3.63. The van der Waals surface area contributed by atoms with Crippen molar-refractivity contribution in [2.24, 2.45) is 0 Å². The zero-order valence-corrected chi connectivity index (χ0v) is 8.94. The molecule has 0 unspecified atom stereocenters. The molecule has 1 aromatic carbocycles. The highest BCUT2D eigenvalue weighted by Crippen LogP contribution is 2.31.